The van der Waals surface area contributed by atoms with E-state index in [0.717, 1.165) is 37.1 Å². The van der Waals surface area contributed by atoms with Crippen molar-refractivity contribution in [2.45, 2.75) is 70.6 Å². The van der Waals surface area contributed by atoms with E-state index in [4.69, 9.17) is 9.47 Å². The highest BCUT2D eigenvalue weighted by atomic mass is 16.5. The standard InChI is InChI=1S/C21H31NO4/c1-25-20(23)16-13-17(21(24)26-2)19(15-11-7-4-8-12-15)22-18(16)14-9-5-3-6-10-14/h14-15,22H,3-13H2,1-2H3. The molecule has 5 nitrogen and oxygen atoms in total. The monoisotopic (exact) mass is 361 g/mol. The molecule has 2 saturated carbocycles. The van der Waals surface area contributed by atoms with Crippen molar-refractivity contribution in [2.75, 3.05) is 14.2 Å². The van der Waals surface area contributed by atoms with Gasteiger partial charge in [0, 0.05) is 17.8 Å². The molecule has 0 bridgehead atoms. The summed E-state index contributed by atoms with van der Waals surface area (Å²) in [6, 6.07) is 0. The first-order valence-electron chi connectivity index (χ1n) is 10.1. The minimum Gasteiger partial charge on any atom is -0.466 e. The van der Waals surface area contributed by atoms with Gasteiger partial charge in [-0.05, 0) is 37.5 Å². The van der Waals surface area contributed by atoms with Gasteiger partial charge < -0.3 is 14.8 Å². The van der Waals surface area contributed by atoms with E-state index in [1.165, 1.54) is 52.7 Å². The van der Waals surface area contributed by atoms with E-state index in [9.17, 15) is 9.59 Å². The summed E-state index contributed by atoms with van der Waals surface area (Å²) in [6.07, 6.45) is 12.0. The molecule has 0 radical (unpaired) electrons. The van der Waals surface area contributed by atoms with Crippen LogP contribution in [0.15, 0.2) is 22.5 Å². The second kappa shape index (κ2) is 8.74. The summed E-state index contributed by atoms with van der Waals surface area (Å²) >= 11 is 0. The van der Waals surface area contributed by atoms with Crippen molar-refractivity contribution in [3.63, 3.8) is 0 Å². The minimum atomic E-state index is -0.331. The Morgan fingerprint density at radius 1 is 0.731 bits per heavy atom. The fraction of sp³-hybridized carbons (Fsp3) is 0.714. The largest absolute Gasteiger partial charge is 0.466 e. The summed E-state index contributed by atoms with van der Waals surface area (Å²) in [7, 11) is 2.82. The summed E-state index contributed by atoms with van der Waals surface area (Å²) in [6.45, 7) is 0. The number of dihydropyridines is 1. The van der Waals surface area contributed by atoms with Gasteiger partial charge in [0.2, 0.25) is 0 Å². The highest BCUT2D eigenvalue weighted by molar-refractivity contribution is 5.96. The lowest BCUT2D eigenvalue weighted by Crippen LogP contribution is -2.35. The molecule has 0 amide bonds. The van der Waals surface area contributed by atoms with E-state index in [1.54, 1.807) is 0 Å². The predicted octanol–water partition coefficient (Wildman–Crippen LogP) is 3.99. The molecule has 1 aliphatic heterocycles. The van der Waals surface area contributed by atoms with Gasteiger partial charge in [-0.15, -0.1) is 0 Å². The normalized spacial score (nSPS) is 22.8. The predicted molar refractivity (Wildman–Crippen MR) is 99.0 cm³/mol. The van der Waals surface area contributed by atoms with Crippen LogP contribution in [0.2, 0.25) is 0 Å². The van der Waals surface area contributed by atoms with Crippen LogP contribution in [0, 0.1) is 11.8 Å². The second-order valence-electron chi connectivity index (χ2n) is 7.74. The van der Waals surface area contributed by atoms with Crippen LogP contribution in [0.5, 0.6) is 0 Å². The Labute approximate surface area is 156 Å². The van der Waals surface area contributed by atoms with Gasteiger partial charge >= 0.3 is 11.9 Å². The van der Waals surface area contributed by atoms with E-state index in [0.29, 0.717) is 29.4 Å². The number of hydrogen-bond acceptors (Lipinski definition) is 5. The molecule has 2 aliphatic carbocycles. The molecule has 3 aliphatic rings. The first kappa shape index (κ1) is 19.0. The fourth-order valence-electron chi connectivity index (χ4n) is 4.75. The fourth-order valence-corrected chi connectivity index (χ4v) is 4.75. The van der Waals surface area contributed by atoms with Crippen LogP contribution in [0.3, 0.4) is 0 Å². The lowest BCUT2D eigenvalue weighted by molar-refractivity contribution is -0.137. The number of hydrogen-bond donors (Lipinski definition) is 1. The van der Waals surface area contributed by atoms with Crippen LogP contribution in [0.1, 0.15) is 70.6 Å². The molecule has 0 aromatic heterocycles. The molecule has 0 aromatic rings. The average Bonchev–Trinajstić information content (AvgIpc) is 2.73. The number of allylic oxidation sites excluding steroid dienone is 2. The number of rotatable bonds is 4. The molecule has 144 valence electrons. The van der Waals surface area contributed by atoms with Gasteiger partial charge in [-0.2, -0.15) is 0 Å². The van der Waals surface area contributed by atoms with Gasteiger partial charge in [0.25, 0.3) is 0 Å². The van der Waals surface area contributed by atoms with Crippen molar-refractivity contribution < 1.29 is 19.1 Å². The third-order valence-corrected chi connectivity index (χ3v) is 6.16. The number of methoxy groups -OCH3 is 2. The van der Waals surface area contributed by atoms with Crippen molar-refractivity contribution in [1.82, 2.24) is 5.32 Å². The van der Waals surface area contributed by atoms with Crippen LogP contribution in [0.4, 0.5) is 0 Å². The molecule has 0 saturated heterocycles. The Bertz CT molecular complexity index is 556. The molecule has 0 aromatic carbocycles. The number of carbonyl (C=O) groups is 2. The maximum absolute atomic E-state index is 12.5. The zero-order valence-corrected chi connectivity index (χ0v) is 16.1. The van der Waals surface area contributed by atoms with Crippen molar-refractivity contribution in [1.29, 1.82) is 0 Å². The lowest BCUT2D eigenvalue weighted by Gasteiger charge is -2.36. The summed E-state index contributed by atoms with van der Waals surface area (Å²) in [5, 5.41) is 3.58. The first-order chi connectivity index (χ1) is 12.7. The highest BCUT2D eigenvalue weighted by Gasteiger charge is 2.35. The molecular weight excluding hydrogens is 330 g/mol. The summed E-state index contributed by atoms with van der Waals surface area (Å²) in [5.41, 5.74) is 3.23. The van der Waals surface area contributed by atoms with E-state index in [-0.39, 0.29) is 11.9 Å². The van der Waals surface area contributed by atoms with Crippen molar-refractivity contribution >= 4 is 11.9 Å². The van der Waals surface area contributed by atoms with Crippen molar-refractivity contribution in [3.8, 4) is 0 Å². The number of ether oxygens (including phenoxy) is 2. The van der Waals surface area contributed by atoms with Crippen LogP contribution < -0.4 is 5.32 Å². The highest BCUT2D eigenvalue weighted by Crippen LogP contribution is 2.40. The van der Waals surface area contributed by atoms with Gasteiger partial charge in [0.1, 0.15) is 0 Å². The Morgan fingerprint density at radius 3 is 1.46 bits per heavy atom. The Balaban J connectivity index is 1.96. The number of esters is 2. The van der Waals surface area contributed by atoms with Crippen molar-refractivity contribution in [2.24, 2.45) is 11.8 Å². The molecule has 5 heteroatoms. The zero-order valence-electron chi connectivity index (χ0n) is 16.1. The van der Waals surface area contributed by atoms with E-state index in [2.05, 4.69) is 5.32 Å². The van der Waals surface area contributed by atoms with Gasteiger partial charge in [0.15, 0.2) is 0 Å². The summed E-state index contributed by atoms with van der Waals surface area (Å²) < 4.78 is 10.1. The number of nitrogens with one attached hydrogen (secondary N) is 1. The van der Waals surface area contributed by atoms with E-state index < -0.39 is 0 Å². The Kier molecular flexibility index (Phi) is 6.38. The molecule has 1 heterocycles. The van der Waals surface area contributed by atoms with Gasteiger partial charge in [-0.1, -0.05) is 38.5 Å². The maximum Gasteiger partial charge on any atom is 0.335 e. The topological polar surface area (TPSA) is 64.6 Å². The first-order valence-corrected chi connectivity index (χ1v) is 10.1. The molecule has 1 N–H and O–H groups in total. The third-order valence-electron chi connectivity index (χ3n) is 6.16. The molecule has 0 atom stereocenters. The lowest BCUT2D eigenvalue weighted by atomic mass is 9.78. The minimum absolute atomic E-state index is 0.323. The smallest absolute Gasteiger partial charge is 0.335 e. The van der Waals surface area contributed by atoms with Crippen LogP contribution >= 0.6 is 0 Å². The molecule has 3 rings (SSSR count). The van der Waals surface area contributed by atoms with Gasteiger partial charge in [0.05, 0.1) is 25.4 Å². The molecule has 26 heavy (non-hydrogen) atoms. The second-order valence-corrected chi connectivity index (χ2v) is 7.74. The quantitative estimate of drug-likeness (QED) is 0.767. The number of carbonyl (C=O) groups excluding carboxylic acids is 2. The molecule has 0 spiro atoms. The van der Waals surface area contributed by atoms with Gasteiger partial charge in [-0.3, -0.25) is 0 Å². The summed E-state index contributed by atoms with van der Waals surface area (Å²) in [4.78, 5) is 24.9. The Morgan fingerprint density at radius 2 is 1.12 bits per heavy atom. The molecular formula is C21H31NO4. The van der Waals surface area contributed by atoms with Crippen LogP contribution in [0.25, 0.3) is 0 Å². The maximum atomic E-state index is 12.5. The summed E-state index contributed by atoms with van der Waals surface area (Å²) in [5.74, 6) is 0.0515. The van der Waals surface area contributed by atoms with E-state index >= 15 is 0 Å². The van der Waals surface area contributed by atoms with Crippen LogP contribution in [-0.4, -0.2) is 26.2 Å². The zero-order chi connectivity index (χ0) is 18.5. The molecule has 0 unspecified atom stereocenters. The molecule has 2 fully saturated rings. The van der Waals surface area contributed by atoms with Crippen molar-refractivity contribution in [3.05, 3.63) is 22.5 Å². The Hall–Kier alpha value is -1.78. The average molecular weight is 361 g/mol. The van der Waals surface area contributed by atoms with E-state index in [1.807, 2.05) is 0 Å². The van der Waals surface area contributed by atoms with Crippen LogP contribution in [-0.2, 0) is 19.1 Å². The van der Waals surface area contributed by atoms with Gasteiger partial charge in [-0.25, -0.2) is 9.59 Å². The third kappa shape index (κ3) is 3.97. The SMILES string of the molecule is COC(=O)C1=C(C2CCCCC2)NC(C2CCCCC2)=C(C(=O)OC)C1.